The van der Waals surface area contributed by atoms with Crippen molar-refractivity contribution in [3.8, 4) is 0 Å². The van der Waals surface area contributed by atoms with Crippen LogP contribution in [-0.2, 0) is 13.5 Å². The molecule has 8 heteroatoms. The van der Waals surface area contributed by atoms with Crippen LogP contribution in [0.1, 0.15) is 5.82 Å². The molecule has 0 bridgehead atoms. The van der Waals surface area contributed by atoms with Gasteiger partial charge in [0.1, 0.15) is 12.2 Å². The highest BCUT2D eigenvalue weighted by Crippen LogP contribution is 2.11. The molecule has 0 aromatic carbocycles. The van der Waals surface area contributed by atoms with Gasteiger partial charge in [0, 0.05) is 26.1 Å². The van der Waals surface area contributed by atoms with Gasteiger partial charge in [0.15, 0.2) is 6.20 Å². The Morgan fingerprint density at radius 2 is 2.33 bits per heavy atom. The van der Waals surface area contributed by atoms with Gasteiger partial charge >= 0.3 is 5.82 Å². The van der Waals surface area contributed by atoms with Crippen LogP contribution in [0.2, 0.25) is 0 Å². The van der Waals surface area contributed by atoms with Crippen LogP contribution in [0.3, 0.4) is 0 Å². The lowest BCUT2D eigenvalue weighted by molar-refractivity contribution is -0.389. The fraction of sp³-hybridized carbons (Fsp3) is 0.300. The molecular formula is C10H12N6O2. The number of aryl methyl sites for hydroxylation is 1. The predicted octanol–water partition coefficient (Wildman–Crippen LogP) is 0.773. The maximum atomic E-state index is 10.4. The van der Waals surface area contributed by atoms with Crippen LogP contribution in [0.25, 0.3) is 0 Å². The molecule has 18 heavy (non-hydrogen) atoms. The van der Waals surface area contributed by atoms with E-state index in [9.17, 15) is 10.1 Å². The van der Waals surface area contributed by atoms with Crippen LogP contribution in [-0.4, -0.2) is 31.2 Å². The summed E-state index contributed by atoms with van der Waals surface area (Å²) >= 11 is 0. The predicted molar refractivity (Wildman–Crippen MR) is 64.1 cm³/mol. The average Bonchev–Trinajstić information content (AvgIpc) is 2.76. The Balaban J connectivity index is 1.87. The number of hydrogen-bond donors (Lipinski definition) is 1. The molecule has 2 aromatic heterocycles. The molecule has 0 saturated carbocycles. The summed E-state index contributed by atoms with van der Waals surface area (Å²) in [5, 5.41) is 21.3. The first kappa shape index (κ1) is 12.0. The molecule has 0 radical (unpaired) electrons. The fourth-order valence-corrected chi connectivity index (χ4v) is 1.45. The van der Waals surface area contributed by atoms with Gasteiger partial charge in [0.2, 0.25) is 0 Å². The van der Waals surface area contributed by atoms with E-state index in [0.717, 1.165) is 11.5 Å². The molecule has 0 fully saturated rings. The largest absolute Gasteiger partial charge is 0.382 e. The Bertz CT molecular complexity index is 536. The minimum absolute atomic E-state index is 0.158. The molecule has 2 heterocycles. The van der Waals surface area contributed by atoms with Crippen LogP contribution < -0.4 is 5.32 Å². The highest BCUT2D eigenvalue weighted by Gasteiger charge is 2.06. The maximum absolute atomic E-state index is 10.4. The standard InChI is InChI=1S/C10H12N6O2/c1-15-7-13-14-10(15)4-5-11-8-2-3-9(12-6-8)16(17)18/h2-3,6-7,11H,4-5H2,1H3. The summed E-state index contributed by atoms with van der Waals surface area (Å²) in [5.74, 6) is 0.714. The zero-order valence-corrected chi connectivity index (χ0v) is 9.78. The van der Waals surface area contributed by atoms with E-state index in [1.54, 1.807) is 12.4 Å². The molecule has 0 amide bonds. The molecule has 0 aliphatic carbocycles. The molecular weight excluding hydrogens is 236 g/mol. The number of pyridine rings is 1. The number of nitro groups is 1. The van der Waals surface area contributed by atoms with E-state index in [2.05, 4.69) is 20.5 Å². The lowest BCUT2D eigenvalue weighted by Gasteiger charge is -2.03. The SMILES string of the molecule is Cn1cnnc1CCNc1ccc([N+](=O)[O-])nc1. The van der Waals surface area contributed by atoms with Crippen LogP contribution >= 0.6 is 0 Å². The molecule has 0 aliphatic rings. The Morgan fingerprint density at radius 3 is 2.89 bits per heavy atom. The Kier molecular flexibility index (Phi) is 3.46. The van der Waals surface area contributed by atoms with Gasteiger partial charge < -0.3 is 20.0 Å². The topological polar surface area (TPSA) is 98.8 Å². The second-order valence-electron chi connectivity index (χ2n) is 3.70. The maximum Gasteiger partial charge on any atom is 0.363 e. The lowest BCUT2D eigenvalue weighted by Crippen LogP contribution is -2.08. The van der Waals surface area contributed by atoms with Crippen molar-refractivity contribution in [2.75, 3.05) is 11.9 Å². The molecule has 0 unspecified atom stereocenters. The van der Waals surface area contributed by atoms with Crippen molar-refractivity contribution < 1.29 is 4.92 Å². The third-order valence-corrected chi connectivity index (χ3v) is 2.42. The van der Waals surface area contributed by atoms with Crippen molar-refractivity contribution in [3.63, 3.8) is 0 Å². The molecule has 0 atom stereocenters. The first-order valence-corrected chi connectivity index (χ1v) is 5.34. The van der Waals surface area contributed by atoms with Crippen molar-refractivity contribution in [3.05, 3.63) is 40.6 Å². The Morgan fingerprint density at radius 1 is 1.50 bits per heavy atom. The van der Waals surface area contributed by atoms with Crippen molar-refractivity contribution in [1.29, 1.82) is 0 Å². The van der Waals surface area contributed by atoms with E-state index in [-0.39, 0.29) is 5.82 Å². The zero-order chi connectivity index (χ0) is 13.0. The second kappa shape index (κ2) is 5.21. The fourth-order valence-electron chi connectivity index (χ4n) is 1.45. The van der Waals surface area contributed by atoms with Gasteiger partial charge in [0.25, 0.3) is 0 Å². The van der Waals surface area contributed by atoms with Crippen molar-refractivity contribution in [2.24, 2.45) is 7.05 Å². The number of rotatable bonds is 5. The van der Waals surface area contributed by atoms with Gasteiger partial charge in [-0.05, 0) is 16.0 Å². The van der Waals surface area contributed by atoms with Crippen LogP contribution in [0.15, 0.2) is 24.7 Å². The van der Waals surface area contributed by atoms with Gasteiger partial charge in [-0.2, -0.15) is 0 Å². The zero-order valence-electron chi connectivity index (χ0n) is 9.78. The molecule has 0 aliphatic heterocycles. The first-order chi connectivity index (χ1) is 8.66. The van der Waals surface area contributed by atoms with E-state index in [1.165, 1.54) is 12.3 Å². The highest BCUT2D eigenvalue weighted by atomic mass is 16.6. The van der Waals surface area contributed by atoms with Crippen molar-refractivity contribution in [1.82, 2.24) is 19.7 Å². The normalized spacial score (nSPS) is 10.3. The molecule has 8 nitrogen and oxygen atoms in total. The quantitative estimate of drug-likeness (QED) is 0.620. The summed E-state index contributed by atoms with van der Waals surface area (Å²) in [7, 11) is 1.88. The molecule has 0 saturated heterocycles. The number of nitrogens with zero attached hydrogens (tertiary/aromatic N) is 5. The lowest BCUT2D eigenvalue weighted by atomic mass is 10.3. The number of nitrogens with one attached hydrogen (secondary N) is 1. The Labute approximate surface area is 103 Å². The summed E-state index contributed by atoms with van der Waals surface area (Å²) < 4.78 is 1.84. The molecule has 94 valence electrons. The number of aromatic nitrogens is 4. The summed E-state index contributed by atoms with van der Waals surface area (Å²) in [5.41, 5.74) is 0.739. The van der Waals surface area contributed by atoms with E-state index in [4.69, 9.17) is 0 Å². The monoisotopic (exact) mass is 248 g/mol. The van der Waals surface area contributed by atoms with E-state index in [0.29, 0.717) is 13.0 Å². The van der Waals surface area contributed by atoms with Crippen LogP contribution in [0.5, 0.6) is 0 Å². The van der Waals surface area contributed by atoms with Gasteiger partial charge in [0.05, 0.1) is 5.69 Å². The van der Waals surface area contributed by atoms with Gasteiger partial charge in [-0.15, -0.1) is 10.2 Å². The van der Waals surface area contributed by atoms with Crippen molar-refractivity contribution in [2.45, 2.75) is 6.42 Å². The number of hydrogen-bond acceptors (Lipinski definition) is 6. The van der Waals surface area contributed by atoms with Gasteiger partial charge in [-0.25, -0.2) is 0 Å². The third kappa shape index (κ3) is 2.78. The van der Waals surface area contributed by atoms with E-state index < -0.39 is 4.92 Å². The highest BCUT2D eigenvalue weighted by molar-refractivity contribution is 5.43. The van der Waals surface area contributed by atoms with Crippen molar-refractivity contribution >= 4 is 11.5 Å². The average molecular weight is 248 g/mol. The minimum Gasteiger partial charge on any atom is -0.382 e. The third-order valence-electron chi connectivity index (χ3n) is 2.42. The number of anilines is 1. The second-order valence-corrected chi connectivity index (χ2v) is 3.70. The van der Waals surface area contributed by atoms with Crippen LogP contribution in [0.4, 0.5) is 11.5 Å². The van der Waals surface area contributed by atoms with Gasteiger partial charge in [-0.3, -0.25) is 0 Å². The summed E-state index contributed by atoms with van der Waals surface area (Å²) in [6.45, 7) is 0.659. The Hall–Kier alpha value is -2.51. The summed E-state index contributed by atoms with van der Waals surface area (Å²) in [6.07, 6.45) is 3.80. The smallest absolute Gasteiger partial charge is 0.363 e. The minimum atomic E-state index is -0.524. The summed E-state index contributed by atoms with van der Waals surface area (Å²) in [6, 6.07) is 2.99. The first-order valence-electron chi connectivity index (χ1n) is 5.34. The molecule has 2 aromatic rings. The molecule has 2 rings (SSSR count). The summed E-state index contributed by atoms with van der Waals surface area (Å²) in [4.78, 5) is 13.6. The van der Waals surface area contributed by atoms with Crippen LogP contribution in [0, 0.1) is 10.1 Å². The van der Waals surface area contributed by atoms with E-state index >= 15 is 0 Å². The van der Waals surface area contributed by atoms with Gasteiger partial charge in [-0.1, -0.05) is 0 Å². The molecule has 0 spiro atoms. The van der Waals surface area contributed by atoms with E-state index in [1.807, 2.05) is 11.6 Å². The molecule has 1 N–H and O–H groups in total.